The third kappa shape index (κ3) is 2.02. The van der Waals surface area contributed by atoms with Gasteiger partial charge in [0.2, 0.25) is 0 Å². The van der Waals surface area contributed by atoms with E-state index in [1.807, 2.05) is 6.07 Å². The van der Waals surface area contributed by atoms with Crippen LogP contribution < -0.4 is 20.5 Å². The van der Waals surface area contributed by atoms with Crippen molar-refractivity contribution >= 4 is 5.91 Å². The molecule has 0 aromatic heterocycles. The van der Waals surface area contributed by atoms with Gasteiger partial charge in [-0.1, -0.05) is 19.9 Å². The molecular weight excluding hydrogens is 256 g/mol. The predicted octanol–water partition coefficient (Wildman–Crippen LogP) is 1.31. The van der Waals surface area contributed by atoms with Crippen LogP contribution in [0.25, 0.3) is 0 Å². The zero-order chi connectivity index (χ0) is 14.3. The van der Waals surface area contributed by atoms with E-state index in [1.54, 1.807) is 12.1 Å². The van der Waals surface area contributed by atoms with E-state index in [-0.39, 0.29) is 23.4 Å². The lowest BCUT2D eigenvalue weighted by Gasteiger charge is -2.50. The number of hydrogen-bond acceptors (Lipinski definition) is 4. The monoisotopic (exact) mass is 276 g/mol. The van der Waals surface area contributed by atoms with Gasteiger partial charge < -0.3 is 20.5 Å². The third-order valence-corrected chi connectivity index (χ3v) is 4.46. The van der Waals surface area contributed by atoms with Gasteiger partial charge in [0.15, 0.2) is 11.5 Å². The van der Waals surface area contributed by atoms with Crippen molar-refractivity contribution < 1.29 is 14.3 Å². The minimum absolute atomic E-state index is 0.0676. The van der Waals surface area contributed by atoms with Crippen molar-refractivity contribution in [1.29, 1.82) is 0 Å². The number of benzene rings is 1. The third-order valence-electron chi connectivity index (χ3n) is 4.46. The van der Waals surface area contributed by atoms with E-state index in [4.69, 9.17) is 15.2 Å². The van der Waals surface area contributed by atoms with E-state index in [9.17, 15) is 4.79 Å². The number of nitrogens with one attached hydrogen (secondary N) is 1. The summed E-state index contributed by atoms with van der Waals surface area (Å²) in [6.45, 7) is 5.14. The van der Waals surface area contributed by atoms with E-state index in [0.717, 1.165) is 6.42 Å². The number of carbonyl (C=O) groups excluding carboxylic acids is 1. The molecule has 1 aromatic carbocycles. The first-order valence-corrected chi connectivity index (χ1v) is 6.95. The lowest BCUT2D eigenvalue weighted by Crippen LogP contribution is -2.64. The van der Waals surface area contributed by atoms with Crippen LogP contribution in [0.4, 0.5) is 0 Å². The van der Waals surface area contributed by atoms with Gasteiger partial charge in [0.25, 0.3) is 5.91 Å². The summed E-state index contributed by atoms with van der Waals surface area (Å²) >= 11 is 0. The number of carbonyl (C=O) groups is 1. The fourth-order valence-electron chi connectivity index (χ4n) is 2.69. The Morgan fingerprint density at radius 3 is 2.80 bits per heavy atom. The second-order valence-electron chi connectivity index (χ2n) is 6.02. The Hall–Kier alpha value is -1.75. The van der Waals surface area contributed by atoms with Gasteiger partial charge in [0.1, 0.15) is 13.2 Å². The Balaban J connectivity index is 1.78. The molecule has 3 N–H and O–H groups in total. The molecule has 1 heterocycles. The molecule has 1 aliphatic carbocycles. The van der Waals surface area contributed by atoms with Gasteiger partial charge in [-0.15, -0.1) is 0 Å². The molecule has 0 saturated heterocycles. The van der Waals surface area contributed by atoms with Crippen LogP contribution in [0.5, 0.6) is 11.5 Å². The van der Waals surface area contributed by atoms with Crippen LogP contribution in [-0.2, 0) is 0 Å². The average molecular weight is 276 g/mol. The van der Waals surface area contributed by atoms with Crippen LogP contribution >= 0.6 is 0 Å². The standard InChI is InChI=1S/C15H20N2O3/c1-15(2)11(16)8-12(15)17-14(18)9-4-3-5-10-13(9)20-7-6-19-10/h3-5,11-12H,6-8,16H2,1-2H3,(H,17,18). The lowest BCUT2D eigenvalue weighted by molar-refractivity contribution is 0.0581. The Morgan fingerprint density at radius 2 is 2.10 bits per heavy atom. The van der Waals surface area contributed by atoms with Crippen LogP contribution in [0.1, 0.15) is 30.6 Å². The highest BCUT2D eigenvalue weighted by atomic mass is 16.6. The number of fused-ring (bicyclic) bond motifs is 1. The summed E-state index contributed by atoms with van der Waals surface area (Å²) in [6.07, 6.45) is 0.811. The maximum atomic E-state index is 12.4. The molecule has 5 nitrogen and oxygen atoms in total. The lowest BCUT2D eigenvalue weighted by atomic mass is 9.63. The summed E-state index contributed by atoms with van der Waals surface area (Å²) in [5.41, 5.74) is 6.43. The fraction of sp³-hybridized carbons (Fsp3) is 0.533. The number of ether oxygens (including phenoxy) is 2. The van der Waals surface area contributed by atoms with Gasteiger partial charge in [0.05, 0.1) is 5.56 Å². The molecule has 20 heavy (non-hydrogen) atoms. The average Bonchev–Trinajstić information content (AvgIpc) is 2.46. The number of rotatable bonds is 2. The number of hydrogen-bond donors (Lipinski definition) is 2. The maximum absolute atomic E-state index is 12.4. The van der Waals surface area contributed by atoms with Crippen molar-refractivity contribution in [2.45, 2.75) is 32.4 Å². The fourth-order valence-corrected chi connectivity index (χ4v) is 2.69. The zero-order valence-electron chi connectivity index (χ0n) is 11.8. The first-order chi connectivity index (χ1) is 9.50. The van der Waals surface area contributed by atoms with Crippen molar-refractivity contribution in [2.75, 3.05) is 13.2 Å². The first-order valence-electron chi connectivity index (χ1n) is 6.95. The summed E-state index contributed by atoms with van der Waals surface area (Å²) < 4.78 is 11.1. The van der Waals surface area contributed by atoms with E-state index in [1.165, 1.54) is 0 Å². The summed E-state index contributed by atoms with van der Waals surface area (Å²) in [7, 11) is 0. The van der Waals surface area contributed by atoms with Gasteiger partial charge in [-0.2, -0.15) is 0 Å². The molecular formula is C15H20N2O3. The van der Waals surface area contributed by atoms with Crippen LogP contribution in [0, 0.1) is 5.41 Å². The number of amides is 1. The van der Waals surface area contributed by atoms with Crippen LogP contribution in [0.15, 0.2) is 18.2 Å². The van der Waals surface area contributed by atoms with Crippen molar-refractivity contribution in [3.63, 3.8) is 0 Å². The van der Waals surface area contributed by atoms with Gasteiger partial charge in [-0.3, -0.25) is 4.79 Å². The van der Waals surface area contributed by atoms with Crippen molar-refractivity contribution in [2.24, 2.45) is 11.1 Å². The Kier molecular flexibility index (Phi) is 3.09. The highest BCUT2D eigenvalue weighted by Crippen LogP contribution is 2.40. The van der Waals surface area contributed by atoms with Crippen LogP contribution in [0.3, 0.4) is 0 Å². The summed E-state index contributed by atoms with van der Waals surface area (Å²) in [5, 5.41) is 3.05. The maximum Gasteiger partial charge on any atom is 0.255 e. The normalized spacial score (nSPS) is 26.6. The predicted molar refractivity (Wildman–Crippen MR) is 75.1 cm³/mol. The summed E-state index contributed by atoms with van der Waals surface area (Å²) in [6, 6.07) is 5.62. The smallest absolute Gasteiger partial charge is 0.255 e. The molecule has 0 bridgehead atoms. The Morgan fingerprint density at radius 1 is 1.35 bits per heavy atom. The minimum atomic E-state index is -0.127. The quantitative estimate of drug-likeness (QED) is 0.854. The summed E-state index contributed by atoms with van der Waals surface area (Å²) in [4.78, 5) is 12.4. The largest absolute Gasteiger partial charge is 0.486 e. The van der Waals surface area contributed by atoms with Crippen molar-refractivity contribution in [1.82, 2.24) is 5.32 Å². The van der Waals surface area contributed by atoms with Gasteiger partial charge in [-0.25, -0.2) is 0 Å². The Labute approximate surface area is 118 Å². The second kappa shape index (κ2) is 4.66. The van der Waals surface area contributed by atoms with Gasteiger partial charge in [0, 0.05) is 17.5 Å². The first kappa shape index (κ1) is 13.2. The number of para-hydroxylation sites is 1. The molecule has 2 unspecified atom stereocenters. The van der Waals surface area contributed by atoms with Crippen molar-refractivity contribution in [3.05, 3.63) is 23.8 Å². The molecule has 108 valence electrons. The molecule has 1 amide bonds. The van der Waals surface area contributed by atoms with Crippen LogP contribution in [0.2, 0.25) is 0 Å². The second-order valence-corrected chi connectivity index (χ2v) is 6.02. The SMILES string of the molecule is CC1(C)C(N)CC1NC(=O)c1cccc2c1OCCO2. The molecule has 1 aromatic rings. The molecule has 2 aliphatic rings. The van der Waals surface area contributed by atoms with E-state index in [0.29, 0.717) is 30.3 Å². The molecule has 2 atom stereocenters. The van der Waals surface area contributed by atoms with Crippen molar-refractivity contribution in [3.8, 4) is 11.5 Å². The number of nitrogens with two attached hydrogens (primary N) is 1. The highest BCUT2D eigenvalue weighted by molar-refractivity contribution is 5.98. The zero-order valence-corrected chi connectivity index (χ0v) is 11.8. The minimum Gasteiger partial charge on any atom is -0.486 e. The molecule has 0 spiro atoms. The molecule has 5 heteroatoms. The van der Waals surface area contributed by atoms with Crippen LogP contribution in [-0.4, -0.2) is 31.2 Å². The van der Waals surface area contributed by atoms with E-state index >= 15 is 0 Å². The van der Waals surface area contributed by atoms with E-state index < -0.39 is 0 Å². The molecule has 3 rings (SSSR count). The molecule has 0 radical (unpaired) electrons. The van der Waals surface area contributed by atoms with Gasteiger partial charge >= 0.3 is 0 Å². The van der Waals surface area contributed by atoms with E-state index in [2.05, 4.69) is 19.2 Å². The summed E-state index contributed by atoms with van der Waals surface area (Å²) in [5.74, 6) is 1.04. The topological polar surface area (TPSA) is 73.6 Å². The molecule has 1 aliphatic heterocycles. The molecule has 1 saturated carbocycles. The Bertz CT molecular complexity index is 542. The highest BCUT2D eigenvalue weighted by Gasteiger charge is 2.46. The van der Waals surface area contributed by atoms with Gasteiger partial charge in [-0.05, 0) is 18.6 Å². The molecule has 1 fully saturated rings.